The van der Waals surface area contributed by atoms with Crippen molar-refractivity contribution in [2.24, 2.45) is 5.73 Å². The lowest BCUT2D eigenvalue weighted by Crippen LogP contribution is -1.99. The molecule has 1 aliphatic heterocycles. The van der Waals surface area contributed by atoms with Crippen molar-refractivity contribution in [3.8, 4) is 11.5 Å². The van der Waals surface area contributed by atoms with Crippen molar-refractivity contribution in [1.82, 2.24) is 0 Å². The Bertz CT molecular complexity index is 341. The maximum atomic E-state index is 6.04. The van der Waals surface area contributed by atoms with Gasteiger partial charge in [0.1, 0.15) is 0 Å². The molecular formula is C10H12ClNO2. The standard InChI is InChI=1S/C10H12ClNO2/c11-8-4-7(6-12)5-9-10(8)14-3-1-2-13-9/h4-5H,1-3,6,12H2. The monoisotopic (exact) mass is 213 g/mol. The molecule has 0 aliphatic carbocycles. The Hall–Kier alpha value is -0.930. The minimum absolute atomic E-state index is 0.455. The quantitative estimate of drug-likeness (QED) is 0.776. The van der Waals surface area contributed by atoms with E-state index in [1.165, 1.54) is 0 Å². The van der Waals surface area contributed by atoms with E-state index in [2.05, 4.69) is 0 Å². The van der Waals surface area contributed by atoms with Gasteiger partial charge in [-0.05, 0) is 17.7 Å². The molecule has 1 aromatic rings. The Morgan fingerprint density at radius 2 is 2.07 bits per heavy atom. The predicted octanol–water partition coefficient (Wildman–Crippen LogP) is 1.96. The zero-order valence-electron chi connectivity index (χ0n) is 7.75. The molecule has 3 nitrogen and oxygen atoms in total. The van der Waals surface area contributed by atoms with Crippen molar-refractivity contribution in [2.45, 2.75) is 13.0 Å². The molecule has 76 valence electrons. The summed E-state index contributed by atoms with van der Waals surface area (Å²) in [5.41, 5.74) is 6.49. The second kappa shape index (κ2) is 4.07. The first kappa shape index (κ1) is 9.62. The van der Waals surface area contributed by atoms with Crippen molar-refractivity contribution in [2.75, 3.05) is 13.2 Å². The normalized spacial score (nSPS) is 15.0. The first-order chi connectivity index (χ1) is 6.81. The van der Waals surface area contributed by atoms with E-state index in [4.69, 9.17) is 26.8 Å². The second-order valence-corrected chi connectivity index (χ2v) is 3.57. The predicted molar refractivity (Wildman–Crippen MR) is 55.0 cm³/mol. The van der Waals surface area contributed by atoms with Crippen LogP contribution in [0.25, 0.3) is 0 Å². The molecule has 14 heavy (non-hydrogen) atoms. The van der Waals surface area contributed by atoms with Gasteiger partial charge < -0.3 is 15.2 Å². The zero-order chi connectivity index (χ0) is 9.97. The first-order valence-electron chi connectivity index (χ1n) is 4.59. The minimum atomic E-state index is 0.455. The molecule has 1 heterocycles. The Morgan fingerprint density at radius 1 is 1.29 bits per heavy atom. The molecule has 1 aromatic carbocycles. The molecule has 0 atom stereocenters. The summed E-state index contributed by atoms with van der Waals surface area (Å²) >= 11 is 6.04. The van der Waals surface area contributed by atoms with Crippen LogP contribution in [-0.2, 0) is 6.54 Å². The van der Waals surface area contributed by atoms with Crippen molar-refractivity contribution < 1.29 is 9.47 Å². The van der Waals surface area contributed by atoms with Gasteiger partial charge in [-0.2, -0.15) is 0 Å². The van der Waals surface area contributed by atoms with E-state index in [-0.39, 0.29) is 0 Å². The van der Waals surface area contributed by atoms with Gasteiger partial charge in [0.25, 0.3) is 0 Å². The van der Waals surface area contributed by atoms with E-state index in [0.29, 0.717) is 36.3 Å². The molecule has 2 rings (SSSR count). The highest BCUT2D eigenvalue weighted by atomic mass is 35.5. The summed E-state index contributed by atoms with van der Waals surface area (Å²) in [6.45, 7) is 1.77. The van der Waals surface area contributed by atoms with Gasteiger partial charge in [-0.15, -0.1) is 0 Å². The maximum absolute atomic E-state index is 6.04. The van der Waals surface area contributed by atoms with E-state index in [0.717, 1.165) is 12.0 Å². The largest absolute Gasteiger partial charge is 0.489 e. The highest BCUT2D eigenvalue weighted by molar-refractivity contribution is 6.32. The van der Waals surface area contributed by atoms with Gasteiger partial charge >= 0.3 is 0 Å². The van der Waals surface area contributed by atoms with Gasteiger partial charge in [0, 0.05) is 13.0 Å². The lowest BCUT2D eigenvalue weighted by atomic mass is 10.2. The highest BCUT2D eigenvalue weighted by Crippen LogP contribution is 2.37. The summed E-state index contributed by atoms with van der Waals surface area (Å²) < 4.78 is 11.0. The number of ether oxygens (including phenoxy) is 2. The van der Waals surface area contributed by atoms with Crippen LogP contribution in [0.4, 0.5) is 0 Å². The summed E-state index contributed by atoms with van der Waals surface area (Å²) in [5.74, 6) is 1.34. The van der Waals surface area contributed by atoms with Crippen molar-refractivity contribution >= 4 is 11.6 Å². The summed E-state index contributed by atoms with van der Waals surface area (Å²) in [6, 6.07) is 3.70. The fourth-order valence-corrected chi connectivity index (χ4v) is 1.69. The Balaban J connectivity index is 2.43. The van der Waals surface area contributed by atoms with Gasteiger partial charge in [-0.25, -0.2) is 0 Å². The molecule has 0 spiro atoms. The van der Waals surface area contributed by atoms with Crippen LogP contribution in [0.2, 0.25) is 5.02 Å². The van der Waals surface area contributed by atoms with Crippen LogP contribution in [0.1, 0.15) is 12.0 Å². The van der Waals surface area contributed by atoms with E-state index in [1.54, 1.807) is 0 Å². The maximum Gasteiger partial charge on any atom is 0.179 e. The van der Waals surface area contributed by atoms with Crippen molar-refractivity contribution in [3.05, 3.63) is 22.7 Å². The number of rotatable bonds is 1. The molecule has 0 radical (unpaired) electrons. The smallest absolute Gasteiger partial charge is 0.179 e. The second-order valence-electron chi connectivity index (χ2n) is 3.16. The lowest BCUT2D eigenvalue weighted by molar-refractivity contribution is 0.297. The lowest BCUT2D eigenvalue weighted by Gasteiger charge is -2.10. The molecule has 0 bridgehead atoms. The topological polar surface area (TPSA) is 44.5 Å². The number of benzene rings is 1. The van der Waals surface area contributed by atoms with Gasteiger partial charge in [0.2, 0.25) is 0 Å². The fraction of sp³-hybridized carbons (Fsp3) is 0.400. The molecule has 4 heteroatoms. The summed E-state index contributed by atoms with van der Waals surface area (Å²) in [4.78, 5) is 0. The van der Waals surface area contributed by atoms with E-state index in [9.17, 15) is 0 Å². The number of fused-ring (bicyclic) bond motifs is 1. The molecule has 0 aromatic heterocycles. The third-order valence-corrected chi connectivity index (χ3v) is 2.38. The van der Waals surface area contributed by atoms with Crippen LogP contribution < -0.4 is 15.2 Å². The SMILES string of the molecule is NCc1cc(Cl)c2c(c1)OCCCO2. The first-order valence-corrected chi connectivity index (χ1v) is 4.97. The molecule has 1 aliphatic rings. The average molecular weight is 214 g/mol. The number of hydrogen-bond acceptors (Lipinski definition) is 3. The third kappa shape index (κ3) is 1.79. The Kier molecular flexibility index (Phi) is 2.79. The molecule has 0 amide bonds. The van der Waals surface area contributed by atoms with Crippen LogP contribution in [0.5, 0.6) is 11.5 Å². The van der Waals surface area contributed by atoms with Crippen LogP contribution >= 0.6 is 11.6 Å². The fourth-order valence-electron chi connectivity index (χ4n) is 1.40. The zero-order valence-corrected chi connectivity index (χ0v) is 8.51. The van der Waals surface area contributed by atoms with Gasteiger partial charge in [-0.1, -0.05) is 11.6 Å². The number of nitrogens with two attached hydrogens (primary N) is 1. The minimum Gasteiger partial charge on any atom is -0.489 e. The third-order valence-electron chi connectivity index (χ3n) is 2.10. The van der Waals surface area contributed by atoms with Crippen LogP contribution in [0.15, 0.2) is 12.1 Å². The van der Waals surface area contributed by atoms with Gasteiger partial charge in [0.05, 0.1) is 18.2 Å². The molecule has 2 N–H and O–H groups in total. The number of halogens is 1. The average Bonchev–Trinajstić information content (AvgIpc) is 2.42. The molecule has 0 unspecified atom stereocenters. The molecule has 0 saturated heterocycles. The van der Waals surface area contributed by atoms with Gasteiger partial charge in [-0.3, -0.25) is 0 Å². The summed E-state index contributed by atoms with van der Waals surface area (Å²) in [7, 11) is 0. The molecule has 0 fully saturated rings. The van der Waals surface area contributed by atoms with Crippen LogP contribution in [0.3, 0.4) is 0 Å². The number of hydrogen-bond donors (Lipinski definition) is 1. The molecule has 0 saturated carbocycles. The summed E-state index contributed by atoms with van der Waals surface area (Å²) in [5, 5.41) is 0.574. The van der Waals surface area contributed by atoms with E-state index < -0.39 is 0 Å². The van der Waals surface area contributed by atoms with E-state index in [1.807, 2.05) is 12.1 Å². The van der Waals surface area contributed by atoms with E-state index >= 15 is 0 Å². The highest BCUT2D eigenvalue weighted by Gasteiger charge is 2.14. The van der Waals surface area contributed by atoms with Gasteiger partial charge in [0.15, 0.2) is 11.5 Å². The molecular weight excluding hydrogens is 202 g/mol. The van der Waals surface area contributed by atoms with Crippen molar-refractivity contribution in [3.63, 3.8) is 0 Å². The van der Waals surface area contributed by atoms with Crippen LogP contribution in [0, 0.1) is 0 Å². The summed E-state index contributed by atoms with van der Waals surface area (Å²) in [6.07, 6.45) is 0.878. The Morgan fingerprint density at radius 3 is 2.86 bits per heavy atom. The van der Waals surface area contributed by atoms with Crippen molar-refractivity contribution in [1.29, 1.82) is 0 Å². The Labute approximate surface area is 87.8 Å². The van der Waals surface area contributed by atoms with Crippen LogP contribution in [-0.4, -0.2) is 13.2 Å².